The summed E-state index contributed by atoms with van der Waals surface area (Å²) in [6, 6.07) is 6.97. The molecule has 2 aromatic carbocycles. The zero-order chi connectivity index (χ0) is 23.1. The summed E-state index contributed by atoms with van der Waals surface area (Å²) in [6.07, 6.45) is 1.43. The lowest BCUT2D eigenvalue weighted by atomic mass is 10.0. The molecule has 0 aliphatic heterocycles. The fraction of sp³-hybridized carbons (Fsp3) is 0.286. The average Bonchev–Trinajstić information content (AvgIpc) is 2.71. The molecule has 0 saturated carbocycles. The molecule has 0 radical (unpaired) electrons. The molecule has 0 spiro atoms. The SMILES string of the molecule is CCOc1cc(/C=N/NC(=O)C(NC(=O)c2ccc(Cl)c(Cl)c2)C(C)C)cc(I)c1O. The summed E-state index contributed by atoms with van der Waals surface area (Å²) in [5, 5.41) is 17.3. The van der Waals surface area contributed by atoms with Crippen molar-refractivity contribution in [3.63, 3.8) is 0 Å². The van der Waals surface area contributed by atoms with Gasteiger partial charge in [-0.1, -0.05) is 37.0 Å². The van der Waals surface area contributed by atoms with E-state index in [1.807, 2.05) is 29.5 Å². The first-order valence-corrected chi connectivity index (χ1v) is 11.2. The van der Waals surface area contributed by atoms with E-state index in [1.54, 1.807) is 26.0 Å². The number of hydrogen-bond donors (Lipinski definition) is 3. The van der Waals surface area contributed by atoms with E-state index in [1.165, 1.54) is 24.4 Å². The fourth-order valence-electron chi connectivity index (χ4n) is 2.57. The van der Waals surface area contributed by atoms with Crippen molar-refractivity contribution in [2.45, 2.75) is 26.8 Å². The van der Waals surface area contributed by atoms with E-state index in [9.17, 15) is 14.7 Å². The number of ether oxygens (including phenoxy) is 1. The van der Waals surface area contributed by atoms with Crippen LogP contribution in [0, 0.1) is 9.49 Å². The monoisotopic (exact) mass is 577 g/mol. The lowest BCUT2D eigenvalue weighted by Gasteiger charge is -2.20. The highest BCUT2D eigenvalue weighted by molar-refractivity contribution is 14.1. The van der Waals surface area contributed by atoms with E-state index in [2.05, 4.69) is 15.8 Å². The lowest BCUT2D eigenvalue weighted by molar-refractivity contribution is -0.123. The molecule has 0 aliphatic carbocycles. The highest BCUT2D eigenvalue weighted by Crippen LogP contribution is 2.32. The molecule has 0 aliphatic rings. The first-order valence-electron chi connectivity index (χ1n) is 9.38. The number of phenols is 1. The van der Waals surface area contributed by atoms with Gasteiger partial charge >= 0.3 is 0 Å². The predicted octanol–water partition coefficient (Wildman–Crippen LogP) is 4.61. The Bertz CT molecular complexity index is 999. The number of carbonyl (C=O) groups excluding carboxylic acids is 2. The largest absolute Gasteiger partial charge is 0.504 e. The predicted molar refractivity (Wildman–Crippen MR) is 130 cm³/mol. The highest BCUT2D eigenvalue weighted by Gasteiger charge is 2.24. The topological polar surface area (TPSA) is 100 Å². The summed E-state index contributed by atoms with van der Waals surface area (Å²) in [7, 11) is 0. The number of nitrogens with zero attached hydrogens (tertiary/aromatic N) is 1. The van der Waals surface area contributed by atoms with Gasteiger partial charge in [0.2, 0.25) is 0 Å². The van der Waals surface area contributed by atoms with E-state index in [0.717, 1.165) is 0 Å². The molecule has 2 aromatic rings. The fourth-order valence-corrected chi connectivity index (χ4v) is 3.49. The van der Waals surface area contributed by atoms with Gasteiger partial charge in [0.25, 0.3) is 11.8 Å². The maximum Gasteiger partial charge on any atom is 0.262 e. The van der Waals surface area contributed by atoms with Crippen molar-refractivity contribution in [3.8, 4) is 11.5 Å². The molecule has 2 rings (SSSR count). The van der Waals surface area contributed by atoms with Crippen molar-refractivity contribution < 1.29 is 19.4 Å². The minimum absolute atomic E-state index is 0.0496. The van der Waals surface area contributed by atoms with Crippen LogP contribution in [0.5, 0.6) is 11.5 Å². The summed E-state index contributed by atoms with van der Waals surface area (Å²) >= 11 is 13.8. The Morgan fingerprint density at radius 1 is 1.23 bits per heavy atom. The Kier molecular flexibility index (Phi) is 9.39. The Morgan fingerprint density at radius 3 is 2.55 bits per heavy atom. The van der Waals surface area contributed by atoms with Crippen molar-refractivity contribution >= 4 is 63.8 Å². The zero-order valence-corrected chi connectivity index (χ0v) is 20.7. The quantitative estimate of drug-likeness (QED) is 0.242. The first-order chi connectivity index (χ1) is 14.6. The molecule has 0 fully saturated rings. The molecule has 10 heteroatoms. The van der Waals surface area contributed by atoms with Gasteiger partial charge in [-0.15, -0.1) is 0 Å². The second-order valence-corrected chi connectivity index (χ2v) is 8.82. The van der Waals surface area contributed by atoms with Gasteiger partial charge in [0, 0.05) is 5.56 Å². The minimum atomic E-state index is -0.821. The number of hydrogen-bond acceptors (Lipinski definition) is 5. The van der Waals surface area contributed by atoms with E-state index in [-0.39, 0.29) is 16.7 Å². The Hall–Kier alpha value is -2.04. The number of phenolic OH excluding ortho intramolecular Hbond substituents is 1. The standard InChI is InChI=1S/C21H22Cl2IN3O4/c1-4-31-17-8-12(7-16(24)19(17)28)10-25-27-21(30)18(11(2)3)26-20(29)13-5-6-14(22)15(23)9-13/h5-11,18,28H,4H2,1-3H3,(H,26,29)(H,27,30)/b25-10+. The number of carbonyl (C=O) groups is 2. The number of benzene rings is 2. The summed E-state index contributed by atoms with van der Waals surface area (Å²) in [5.41, 5.74) is 3.36. The van der Waals surface area contributed by atoms with Crippen LogP contribution in [0.1, 0.15) is 36.7 Å². The van der Waals surface area contributed by atoms with Crippen LogP contribution in [-0.4, -0.2) is 35.8 Å². The van der Waals surface area contributed by atoms with Gasteiger partial charge in [0.15, 0.2) is 11.5 Å². The minimum Gasteiger partial charge on any atom is -0.504 e. The van der Waals surface area contributed by atoms with Crippen molar-refractivity contribution in [1.29, 1.82) is 0 Å². The molecular formula is C21H22Cl2IN3O4. The van der Waals surface area contributed by atoms with Crippen molar-refractivity contribution in [2.75, 3.05) is 6.61 Å². The number of rotatable bonds is 8. The molecule has 0 heterocycles. The summed E-state index contributed by atoms with van der Waals surface area (Å²) < 4.78 is 5.98. The smallest absolute Gasteiger partial charge is 0.262 e. The average molecular weight is 578 g/mol. The second kappa shape index (κ2) is 11.5. The van der Waals surface area contributed by atoms with Gasteiger partial charge in [-0.05, 0) is 71.3 Å². The summed E-state index contributed by atoms with van der Waals surface area (Å²) in [4.78, 5) is 25.1. The number of aromatic hydroxyl groups is 1. The molecule has 3 N–H and O–H groups in total. The molecule has 1 atom stereocenters. The van der Waals surface area contributed by atoms with E-state index < -0.39 is 17.9 Å². The van der Waals surface area contributed by atoms with Crippen molar-refractivity contribution in [2.24, 2.45) is 11.0 Å². The molecule has 1 unspecified atom stereocenters. The molecule has 2 amide bonds. The van der Waals surface area contributed by atoms with Gasteiger partial charge in [0.1, 0.15) is 6.04 Å². The number of nitrogens with one attached hydrogen (secondary N) is 2. The highest BCUT2D eigenvalue weighted by atomic mass is 127. The maximum atomic E-state index is 12.6. The van der Waals surface area contributed by atoms with Crippen LogP contribution in [0.25, 0.3) is 0 Å². The summed E-state index contributed by atoms with van der Waals surface area (Å²) in [6.45, 7) is 5.82. The Morgan fingerprint density at radius 2 is 1.94 bits per heavy atom. The van der Waals surface area contributed by atoms with Crippen LogP contribution in [0.3, 0.4) is 0 Å². The number of halogens is 3. The van der Waals surface area contributed by atoms with Gasteiger partial charge in [-0.3, -0.25) is 9.59 Å². The summed E-state index contributed by atoms with van der Waals surface area (Å²) in [5.74, 6) is -0.741. The molecule has 7 nitrogen and oxygen atoms in total. The normalized spacial score (nSPS) is 12.1. The van der Waals surface area contributed by atoms with Crippen LogP contribution < -0.4 is 15.5 Å². The van der Waals surface area contributed by atoms with E-state index >= 15 is 0 Å². The van der Waals surface area contributed by atoms with Crippen LogP contribution in [0.4, 0.5) is 0 Å². The zero-order valence-electron chi connectivity index (χ0n) is 17.1. The van der Waals surface area contributed by atoms with Crippen LogP contribution in [0.15, 0.2) is 35.4 Å². The van der Waals surface area contributed by atoms with Crippen LogP contribution in [-0.2, 0) is 4.79 Å². The second-order valence-electron chi connectivity index (χ2n) is 6.84. The van der Waals surface area contributed by atoms with Crippen LogP contribution >= 0.6 is 45.8 Å². The number of hydrazone groups is 1. The Balaban J connectivity index is 2.09. The third-order valence-corrected chi connectivity index (χ3v) is 5.72. The van der Waals surface area contributed by atoms with Gasteiger partial charge in [0.05, 0.1) is 26.4 Å². The van der Waals surface area contributed by atoms with Gasteiger partial charge < -0.3 is 15.2 Å². The molecule has 0 saturated heterocycles. The molecule has 31 heavy (non-hydrogen) atoms. The van der Waals surface area contributed by atoms with Crippen molar-refractivity contribution in [3.05, 3.63) is 55.1 Å². The third kappa shape index (κ3) is 6.98. The van der Waals surface area contributed by atoms with Crippen molar-refractivity contribution in [1.82, 2.24) is 10.7 Å². The number of amides is 2. The van der Waals surface area contributed by atoms with E-state index in [0.29, 0.717) is 32.1 Å². The molecule has 0 aromatic heterocycles. The first kappa shape index (κ1) is 25.2. The maximum absolute atomic E-state index is 12.6. The van der Waals surface area contributed by atoms with Gasteiger partial charge in [-0.25, -0.2) is 5.43 Å². The molecule has 166 valence electrons. The van der Waals surface area contributed by atoms with Gasteiger partial charge in [-0.2, -0.15) is 5.10 Å². The van der Waals surface area contributed by atoms with E-state index in [4.69, 9.17) is 27.9 Å². The molecule has 0 bridgehead atoms. The third-order valence-electron chi connectivity index (χ3n) is 4.16. The van der Waals surface area contributed by atoms with Crippen LogP contribution in [0.2, 0.25) is 10.0 Å². The lowest BCUT2D eigenvalue weighted by Crippen LogP contribution is -2.48. The Labute approximate surface area is 204 Å². The molecular weight excluding hydrogens is 556 g/mol.